The number of hydrogen-bond donors (Lipinski definition) is 3. The van der Waals surface area contributed by atoms with Crippen LogP contribution in [-0.2, 0) is 4.79 Å². The van der Waals surface area contributed by atoms with Crippen LogP contribution in [0.5, 0.6) is 5.75 Å². The van der Waals surface area contributed by atoms with Gasteiger partial charge in [0.1, 0.15) is 12.3 Å². The first-order valence-electron chi connectivity index (χ1n) is 9.99. The van der Waals surface area contributed by atoms with Crippen molar-refractivity contribution in [2.75, 3.05) is 49.5 Å². The van der Waals surface area contributed by atoms with E-state index < -0.39 is 0 Å². The quantitative estimate of drug-likeness (QED) is 0.243. The monoisotopic (exact) mass is 523 g/mol. The standard InChI is InChI=1S/C22H29N5O2.HI/c1-3-23-22(24-16-21(29)25-18-7-9-20(28)10-8-18)27-13-11-26(12-14-27)19-6-4-5-17(2)15-19;/h4-10,15,28H,3,11-14,16H2,1-2H3,(H,23,24)(H,25,29);1H. The third kappa shape index (κ3) is 6.79. The van der Waals surface area contributed by atoms with E-state index in [9.17, 15) is 9.90 Å². The smallest absolute Gasteiger partial charge is 0.246 e. The SMILES string of the molecule is CCNC(=NCC(=O)Nc1ccc(O)cc1)N1CCN(c2cccc(C)c2)CC1.I. The second-order valence-electron chi connectivity index (χ2n) is 7.08. The van der Waals surface area contributed by atoms with E-state index in [-0.39, 0.29) is 42.2 Å². The third-order valence-corrected chi connectivity index (χ3v) is 4.80. The Hall–Kier alpha value is -2.49. The van der Waals surface area contributed by atoms with Crippen LogP contribution in [0.1, 0.15) is 12.5 Å². The van der Waals surface area contributed by atoms with Crippen LogP contribution in [0.3, 0.4) is 0 Å². The lowest BCUT2D eigenvalue weighted by atomic mass is 10.2. The van der Waals surface area contributed by atoms with Gasteiger partial charge in [-0.05, 0) is 55.8 Å². The van der Waals surface area contributed by atoms with Crippen LogP contribution in [0.25, 0.3) is 0 Å². The summed E-state index contributed by atoms with van der Waals surface area (Å²) in [5.74, 6) is 0.738. The van der Waals surface area contributed by atoms with Gasteiger partial charge in [0.2, 0.25) is 5.91 Å². The fourth-order valence-corrected chi connectivity index (χ4v) is 3.32. The molecule has 0 unspecified atom stereocenters. The second-order valence-corrected chi connectivity index (χ2v) is 7.08. The zero-order chi connectivity index (χ0) is 20.6. The van der Waals surface area contributed by atoms with Gasteiger partial charge in [-0.25, -0.2) is 4.99 Å². The first-order valence-corrected chi connectivity index (χ1v) is 9.99. The number of anilines is 2. The zero-order valence-electron chi connectivity index (χ0n) is 17.5. The second kappa shape index (κ2) is 11.6. The lowest BCUT2D eigenvalue weighted by Crippen LogP contribution is -2.52. The molecular formula is C22H30IN5O2. The van der Waals surface area contributed by atoms with Crippen molar-refractivity contribution in [2.45, 2.75) is 13.8 Å². The average Bonchev–Trinajstić information content (AvgIpc) is 2.73. The minimum atomic E-state index is -0.190. The van der Waals surface area contributed by atoms with Crippen LogP contribution in [0.2, 0.25) is 0 Å². The van der Waals surface area contributed by atoms with Crippen LogP contribution in [0.4, 0.5) is 11.4 Å². The highest BCUT2D eigenvalue weighted by molar-refractivity contribution is 14.0. The summed E-state index contributed by atoms with van der Waals surface area (Å²) >= 11 is 0. The molecule has 0 bridgehead atoms. The molecule has 0 radical (unpaired) electrons. The number of guanidine groups is 1. The van der Waals surface area contributed by atoms with Gasteiger partial charge >= 0.3 is 0 Å². The maximum absolute atomic E-state index is 12.2. The molecule has 1 fully saturated rings. The van der Waals surface area contributed by atoms with Gasteiger partial charge < -0.3 is 25.5 Å². The van der Waals surface area contributed by atoms with Crippen molar-refractivity contribution in [1.82, 2.24) is 10.2 Å². The number of nitrogens with one attached hydrogen (secondary N) is 2. The predicted octanol–water partition coefficient (Wildman–Crippen LogP) is 3.04. The molecule has 162 valence electrons. The summed E-state index contributed by atoms with van der Waals surface area (Å²) in [6.07, 6.45) is 0. The van der Waals surface area contributed by atoms with Gasteiger partial charge in [-0.1, -0.05) is 12.1 Å². The maximum atomic E-state index is 12.2. The number of aryl methyl sites for hydroxylation is 1. The molecule has 0 saturated carbocycles. The Morgan fingerprint density at radius 2 is 1.80 bits per heavy atom. The van der Waals surface area contributed by atoms with Crippen molar-refractivity contribution in [3.63, 3.8) is 0 Å². The number of piperazine rings is 1. The summed E-state index contributed by atoms with van der Waals surface area (Å²) in [7, 11) is 0. The van der Waals surface area contributed by atoms with E-state index in [1.54, 1.807) is 12.1 Å². The first-order chi connectivity index (χ1) is 14.0. The molecule has 1 aliphatic heterocycles. The van der Waals surface area contributed by atoms with E-state index in [4.69, 9.17) is 0 Å². The van der Waals surface area contributed by atoms with Crippen molar-refractivity contribution in [3.05, 3.63) is 54.1 Å². The summed E-state index contributed by atoms with van der Waals surface area (Å²) in [5.41, 5.74) is 3.15. The van der Waals surface area contributed by atoms with Gasteiger partial charge in [0.15, 0.2) is 5.96 Å². The van der Waals surface area contributed by atoms with Crippen LogP contribution >= 0.6 is 24.0 Å². The zero-order valence-corrected chi connectivity index (χ0v) is 19.8. The molecule has 30 heavy (non-hydrogen) atoms. The number of benzene rings is 2. The molecule has 0 atom stereocenters. The van der Waals surface area contributed by atoms with Crippen LogP contribution in [0, 0.1) is 6.92 Å². The number of phenols is 1. The number of carbonyl (C=O) groups excluding carboxylic acids is 1. The van der Waals surface area contributed by atoms with Crippen LogP contribution < -0.4 is 15.5 Å². The molecule has 1 heterocycles. The number of hydrogen-bond acceptors (Lipinski definition) is 4. The molecule has 0 spiro atoms. The normalized spacial score (nSPS) is 14.1. The number of halogens is 1. The minimum Gasteiger partial charge on any atom is -0.508 e. The van der Waals surface area contributed by atoms with Crippen molar-refractivity contribution >= 4 is 47.2 Å². The Bertz CT molecular complexity index is 849. The molecular weight excluding hydrogens is 493 g/mol. The summed E-state index contributed by atoms with van der Waals surface area (Å²) in [6.45, 7) is 8.44. The number of nitrogens with zero attached hydrogens (tertiary/aromatic N) is 3. The molecule has 3 N–H and O–H groups in total. The number of amides is 1. The van der Waals surface area contributed by atoms with Crippen LogP contribution in [0.15, 0.2) is 53.5 Å². The number of phenolic OH excluding ortho intramolecular Hbond substituents is 1. The third-order valence-electron chi connectivity index (χ3n) is 4.80. The topological polar surface area (TPSA) is 80.2 Å². The van der Waals surface area contributed by atoms with E-state index >= 15 is 0 Å². The predicted molar refractivity (Wildman–Crippen MR) is 133 cm³/mol. The highest BCUT2D eigenvalue weighted by Crippen LogP contribution is 2.18. The summed E-state index contributed by atoms with van der Waals surface area (Å²) in [4.78, 5) is 21.3. The molecule has 2 aromatic carbocycles. The van der Waals surface area contributed by atoms with Gasteiger partial charge in [0.05, 0.1) is 0 Å². The van der Waals surface area contributed by atoms with Gasteiger partial charge in [0, 0.05) is 44.1 Å². The lowest BCUT2D eigenvalue weighted by molar-refractivity contribution is -0.114. The average molecular weight is 523 g/mol. The molecule has 2 aromatic rings. The Morgan fingerprint density at radius 1 is 1.10 bits per heavy atom. The minimum absolute atomic E-state index is 0. The lowest BCUT2D eigenvalue weighted by Gasteiger charge is -2.37. The molecule has 0 aromatic heterocycles. The van der Waals surface area contributed by atoms with E-state index in [1.165, 1.54) is 23.4 Å². The molecule has 7 nitrogen and oxygen atoms in total. The van der Waals surface area contributed by atoms with Gasteiger partial charge in [0.25, 0.3) is 0 Å². The van der Waals surface area contributed by atoms with Crippen molar-refractivity contribution in [2.24, 2.45) is 4.99 Å². The molecule has 0 aliphatic carbocycles. The Morgan fingerprint density at radius 3 is 2.43 bits per heavy atom. The van der Waals surface area contributed by atoms with Crippen molar-refractivity contribution in [3.8, 4) is 5.75 Å². The summed E-state index contributed by atoms with van der Waals surface area (Å²) < 4.78 is 0. The summed E-state index contributed by atoms with van der Waals surface area (Å²) in [6, 6.07) is 15.0. The fourth-order valence-electron chi connectivity index (χ4n) is 3.32. The number of aliphatic imine (C=N–C) groups is 1. The number of rotatable bonds is 5. The molecule has 1 aliphatic rings. The van der Waals surface area contributed by atoms with E-state index in [1.807, 2.05) is 6.92 Å². The summed E-state index contributed by atoms with van der Waals surface area (Å²) in [5, 5.41) is 15.4. The number of carbonyl (C=O) groups is 1. The van der Waals surface area contributed by atoms with Crippen molar-refractivity contribution in [1.29, 1.82) is 0 Å². The Balaban J connectivity index is 0.00000320. The molecule has 3 rings (SSSR count). The Labute approximate surface area is 195 Å². The van der Waals surface area contributed by atoms with Gasteiger partial charge in [-0.2, -0.15) is 0 Å². The van der Waals surface area contributed by atoms with E-state index in [2.05, 4.69) is 56.6 Å². The van der Waals surface area contributed by atoms with Gasteiger partial charge in [-0.15, -0.1) is 24.0 Å². The highest BCUT2D eigenvalue weighted by atomic mass is 127. The van der Waals surface area contributed by atoms with Gasteiger partial charge in [-0.3, -0.25) is 4.79 Å². The van der Waals surface area contributed by atoms with Crippen LogP contribution in [-0.4, -0.2) is 61.1 Å². The van der Waals surface area contributed by atoms with E-state index in [0.29, 0.717) is 5.69 Å². The maximum Gasteiger partial charge on any atom is 0.246 e. The number of aromatic hydroxyl groups is 1. The highest BCUT2D eigenvalue weighted by Gasteiger charge is 2.20. The molecule has 8 heteroatoms. The molecule has 1 saturated heterocycles. The fraction of sp³-hybridized carbons (Fsp3) is 0.364. The molecule has 1 amide bonds. The largest absolute Gasteiger partial charge is 0.508 e. The van der Waals surface area contributed by atoms with Crippen molar-refractivity contribution < 1.29 is 9.90 Å². The van der Waals surface area contributed by atoms with E-state index in [0.717, 1.165) is 38.7 Å². The Kier molecular flexibility index (Phi) is 9.22. The first kappa shape index (κ1) is 23.8.